The number of benzene rings is 2. The Morgan fingerprint density at radius 3 is 2.32 bits per heavy atom. The van der Waals surface area contributed by atoms with Crippen molar-refractivity contribution in [3.8, 4) is 11.4 Å². The summed E-state index contributed by atoms with van der Waals surface area (Å²) < 4.78 is 33.5. The van der Waals surface area contributed by atoms with Crippen molar-refractivity contribution in [1.82, 2.24) is 14.7 Å². The molecule has 0 N–H and O–H groups in total. The predicted molar refractivity (Wildman–Crippen MR) is 111 cm³/mol. The summed E-state index contributed by atoms with van der Waals surface area (Å²) in [7, 11) is 1.35. The van der Waals surface area contributed by atoms with Gasteiger partial charge in [0.15, 0.2) is 11.4 Å². The van der Waals surface area contributed by atoms with Crippen LogP contribution in [0.25, 0.3) is 5.69 Å². The Labute approximate surface area is 177 Å². The van der Waals surface area contributed by atoms with Gasteiger partial charge in [0.1, 0.15) is 11.6 Å². The number of carbonyl (C=O) groups is 1. The summed E-state index contributed by atoms with van der Waals surface area (Å²) in [6, 6.07) is 12.9. The second kappa shape index (κ2) is 8.55. The van der Waals surface area contributed by atoms with Gasteiger partial charge >= 0.3 is 0 Å². The van der Waals surface area contributed by atoms with E-state index >= 15 is 0 Å². The topological polar surface area (TPSA) is 67.7 Å². The first kappa shape index (κ1) is 20.5. The summed E-state index contributed by atoms with van der Waals surface area (Å²) in [6.45, 7) is 1.61. The molecule has 1 aliphatic heterocycles. The lowest BCUT2D eigenvalue weighted by molar-refractivity contribution is 0.0734. The molecular formula is C22H20F2N4O3. The molecule has 7 nitrogen and oxygen atoms in total. The number of rotatable bonds is 4. The van der Waals surface area contributed by atoms with Gasteiger partial charge in [0.25, 0.3) is 11.5 Å². The second-order valence-corrected chi connectivity index (χ2v) is 7.02. The summed E-state index contributed by atoms with van der Waals surface area (Å²) in [5.41, 5.74) is 0.290. The monoisotopic (exact) mass is 426 g/mol. The quantitative estimate of drug-likeness (QED) is 0.641. The molecule has 31 heavy (non-hydrogen) atoms. The van der Waals surface area contributed by atoms with Gasteiger partial charge in [0.05, 0.1) is 24.6 Å². The predicted octanol–water partition coefficient (Wildman–Crippen LogP) is 2.48. The molecule has 4 rings (SSSR count). The van der Waals surface area contributed by atoms with Gasteiger partial charge in [-0.1, -0.05) is 12.1 Å². The summed E-state index contributed by atoms with van der Waals surface area (Å²) in [5.74, 6) is -1.10. The molecule has 1 aliphatic rings. The van der Waals surface area contributed by atoms with Crippen molar-refractivity contribution in [2.75, 3.05) is 38.2 Å². The van der Waals surface area contributed by atoms with Crippen LogP contribution in [0.2, 0.25) is 0 Å². The Kier molecular flexibility index (Phi) is 5.66. The molecule has 1 amide bonds. The maximum atomic E-state index is 14.1. The Balaban J connectivity index is 1.58. The number of amides is 1. The lowest BCUT2D eigenvalue weighted by Crippen LogP contribution is -2.49. The van der Waals surface area contributed by atoms with Crippen LogP contribution in [0.5, 0.6) is 5.75 Å². The third-order valence-corrected chi connectivity index (χ3v) is 5.15. The number of nitrogens with zero attached hydrogens (tertiary/aromatic N) is 4. The zero-order valence-corrected chi connectivity index (χ0v) is 16.8. The molecule has 3 aromatic rings. The first-order valence-electron chi connectivity index (χ1n) is 9.71. The molecule has 0 bridgehead atoms. The van der Waals surface area contributed by atoms with Crippen LogP contribution in [0, 0.1) is 11.6 Å². The Hall–Kier alpha value is -3.75. The second-order valence-electron chi connectivity index (χ2n) is 7.02. The van der Waals surface area contributed by atoms with Crippen molar-refractivity contribution in [1.29, 1.82) is 0 Å². The third-order valence-electron chi connectivity index (χ3n) is 5.15. The van der Waals surface area contributed by atoms with E-state index in [1.54, 1.807) is 23.1 Å². The summed E-state index contributed by atoms with van der Waals surface area (Å²) in [4.78, 5) is 29.0. The summed E-state index contributed by atoms with van der Waals surface area (Å²) >= 11 is 0. The number of ether oxygens (including phenoxy) is 1. The summed E-state index contributed by atoms with van der Waals surface area (Å²) in [5, 5.41) is 4.20. The van der Waals surface area contributed by atoms with Crippen LogP contribution < -0.4 is 15.2 Å². The highest BCUT2D eigenvalue weighted by molar-refractivity contribution is 5.95. The minimum Gasteiger partial charge on any atom is -0.494 e. The fourth-order valence-corrected chi connectivity index (χ4v) is 3.52. The van der Waals surface area contributed by atoms with E-state index in [0.717, 1.165) is 4.68 Å². The van der Waals surface area contributed by atoms with Gasteiger partial charge in [-0.05, 0) is 36.4 Å². The van der Waals surface area contributed by atoms with Gasteiger partial charge in [-0.2, -0.15) is 9.78 Å². The van der Waals surface area contributed by atoms with E-state index < -0.39 is 17.3 Å². The highest BCUT2D eigenvalue weighted by Crippen LogP contribution is 2.22. The van der Waals surface area contributed by atoms with E-state index in [1.807, 2.05) is 4.90 Å². The zero-order chi connectivity index (χ0) is 22.0. The van der Waals surface area contributed by atoms with Gasteiger partial charge in [-0.15, -0.1) is 0 Å². The molecule has 1 saturated heterocycles. The Morgan fingerprint density at radius 1 is 1.00 bits per heavy atom. The number of hydrogen-bond acceptors (Lipinski definition) is 5. The zero-order valence-electron chi connectivity index (χ0n) is 16.8. The van der Waals surface area contributed by atoms with E-state index in [-0.39, 0.29) is 17.3 Å². The molecule has 0 aliphatic carbocycles. The Bertz CT molecular complexity index is 1160. The molecule has 2 aromatic carbocycles. The normalized spacial score (nSPS) is 13.9. The first-order valence-corrected chi connectivity index (χ1v) is 9.71. The maximum Gasteiger partial charge on any atom is 0.278 e. The minimum atomic E-state index is -0.510. The maximum absolute atomic E-state index is 14.1. The van der Waals surface area contributed by atoms with Crippen LogP contribution in [-0.2, 0) is 0 Å². The molecule has 160 valence electrons. The van der Waals surface area contributed by atoms with Gasteiger partial charge in [0, 0.05) is 26.2 Å². The van der Waals surface area contributed by atoms with E-state index in [9.17, 15) is 18.4 Å². The molecule has 0 radical (unpaired) electrons. The molecule has 0 saturated carbocycles. The van der Waals surface area contributed by atoms with Crippen LogP contribution in [0.4, 0.5) is 14.5 Å². The standard InChI is InChI=1S/C22H20F2N4O3/c1-31-19-14-20(29)28(16-8-6-15(23)7-9-16)25-21(19)22(30)27-12-10-26(11-13-27)18-5-3-2-4-17(18)24/h2-9,14H,10-13H2,1H3. The smallest absolute Gasteiger partial charge is 0.278 e. The van der Waals surface area contributed by atoms with Gasteiger partial charge in [0.2, 0.25) is 0 Å². The molecule has 1 fully saturated rings. The lowest BCUT2D eigenvalue weighted by atomic mass is 10.2. The van der Waals surface area contributed by atoms with E-state index in [4.69, 9.17) is 4.74 Å². The highest BCUT2D eigenvalue weighted by atomic mass is 19.1. The first-order chi connectivity index (χ1) is 15.0. The van der Waals surface area contributed by atoms with Crippen molar-refractivity contribution >= 4 is 11.6 Å². The minimum absolute atomic E-state index is 0.0224. The molecule has 0 spiro atoms. The third kappa shape index (κ3) is 4.11. The highest BCUT2D eigenvalue weighted by Gasteiger charge is 2.27. The van der Waals surface area contributed by atoms with Gasteiger partial charge < -0.3 is 14.5 Å². The number of halogens is 2. The number of methoxy groups -OCH3 is 1. The van der Waals surface area contributed by atoms with Crippen molar-refractivity contribution in [3.63, 3.8) is 0 Å². The van der Waals surface area contributed by atoms with Crippen molar-refractivity contribution in [2.45, 2.75) is 0 Å². The van der Waals surface area contributed by atoms with Crippen molar-refractivity contribution < 1.29 is 18.3 Å². The molecule has 0 unspecified atom stereocenters. The van der Waals surface area contributed by atoms with Crippen LogP contribution in [0.1, 0.15) is 10.5 Å². The molecule has 2 heterocycles. The van der Waals surface area contributed by atoms with Crippen LogP contribution >= 0.6 is 0 Å². The average Bonchev–Trinajstić information content (AvgIpc) is 2.79. The molecule has 0 atom stereocenters. The van der Waals surface area contributed by atoms with Gasteiger partial charge in [-0.3, -0.25) is 9.59 Å². The number of para-hydroxylation sites is 1. The SMILES string of the molecule is COc1cc(=O)n(-c2ccc(F)cc2)nc1C(=O)N1CCN(c2ccccc2F)CC1. The van der Waals surface area contributed by atoms with Crippen LogP contribution in [-0.4, -0.2) is 53.9 Å². The van der Waals surface area contributed by atoms with E-state index in [2.05, 4.69) is 5.10 Å². The largest absolute Gasteiger partial charge is 0.494 e. The molecular weight excluding hydrogens is 406 g/mol. The van der Waals surface area contributed by atoms with E-state index in [1.165, 1.54) is 43.5 Å². The average molecular weight is 426 g/mol. The number of hydrogen-bond donors (Lipinski definition) is 0. The van der Waals surface area contributed by atoms with Crippen molar-refractivity contribution in [3.05, 3.63) is 82.3 Å². The molecule has 1 aromatic heterocycles. The van der Waals surface area contributed by atoms with Crippen LogP contribution in [0.3, 0.4) is 0 Å². The van der Waals surface area contributed by atoms with Crippen molar-refractivity contribution in [2.24, 2.45) is 0 Å². The number of aromatic nitrogens is 2. The molecule has 9 heteroatoms. The van der Waals surface area contributed by atoms with E-state index in [0.29, 0.717) is 37.6 Å². The number of piperazine rings is 1. The van der Waals surface area contributed by atoms with Crippen LogP contribution in [0.15, 0.2) is 59.4 Å². The number of carbonyl (C=O) groups excluding carboxylic acids is 1. The lowest BCUT2D eigenvalue weighted by Gasteiger charge is -2.36. The summed E-state index contributed by atoms with van der Waals surface area (Å²) in [6.07, 6.45) is 0. The number of anilines is 1. The Morgan fingerprint density at radius 2 is 1.68 bits per heavy atom. The fraction of sp³-hybridized carbons (Fsp3) is 0.227. The fourth-order valence-electron chi connectivity index (χ4n) is 3.52. The van der Waals surface area contributed by atoms with Gasteiger partial charge in [-0.25, -0.2) is 8.78 Å².